The van der Waals surface area contributed by atoms with Crippen molar-refractivity contribution in [3.63, 3.8) is 0 Å². The summed E-state index contributed by atoms with van der Waals surface area (Å²) in [7, 11) is 0. The van der Waals surface area contributed by atoms with E-state index < -0.39 is 11.7 Å². The van der Waals surface area contributed by atoms with Gasteiger partial charge in [-0.3, -0.25) is 0 Å². The first kappa shape index (κ1) is 14.0. The van der Waals surface area contributed by atoms with Crippen LogP contribution in [0, 0.1) is 5.92 Å². The number of halogens is 4. The quantitative estimate of drug-likeness (QED) is 0.760. The Morgan fingerprint density at radius 1 is 1.39 bits per heavy atom. The van der Waals surface area contributed by atoms with E-state index in [0.717, 1.165) is 24.8 Å². The van der Waals surface area contributed by atoms with E-state index in [1.807, 2.05) is 0 Å². The van der Waals surface area contributed by atoms with Gasteiger partial charge in [-0.05, 0) is 30.5 Å². The van der Waals surface area contributed by atoms with Gasteiger partial charge in [0.25, 0.3) is 0 Å². The molecule has 1 fully saturated rings. The smallest absolute Gasteiger partial charge is 0.381 e. The summed E-state index contributed by atoms with van der Waals surface area (Å²) in [6.45, 7) is 1.45. The molecule has 0 spiro atoms. The Bertz CT molecular complexity index is 416. The number of hydrogen-bond donors (Lipinski definition) is 0. The molecule has 1 atom stereocenters. The van der Waals surface area contributed by atoms with E-state index in [1.54, 1.807) is 6.07 Å². The zero-order valence-corrected chi connectivity index (χ0v) is 11.0. The monoisotopic (exact) mass is 296 g/mol. The van der Waals surface area contributed by atoms with Crippen molar-refractivity contribution >= 4 is 23.4 Å². The van der Waals surface area contributed by atoms with Gasteiger partial charge in [-0.2, -0.15) is 13.2 Å². The molecule has 1 heterocycles. The van der Waals surface area contributed by atoms with Gasteiger partial charge in [-0.25, -0.2) is 0 Å². The van der Waals surface area contributed by atoms with Crippen LogP contribution >= 0.6 is 23.4 Å². The fourth-order valence-corrected chi connectivity index (χ4v) is 3.02. The van der Waals surface area contributed by atoms with E-state index >= 15 is 0 Å². The highest BCUT2D eigenvalue weighted by Gasteiger charge is 2.33. The normalized spacial score (nSPS) is 20.3. The molecule has 1 saturated heterocycles. The molecule has 0 bridgehead atoms. The van der Waals surface area contributed by atoms with E-state index in [2.05, 4.69) is 0 Å². The molecule has 0 radical (unpaired) electrons. The van der Waals surface area contributed by atoms with Crippen molar-refractivity contribution < 1.29 is 17.9 Å². The Kier molecular flexibility index (Phi) is 4.45. The Hall–Kier alpha value is -0.390. The molecular formula is C12H12ClF3OS. The van der Waals surface area contributed by atoms with Crippen LogP contribution in [0.1, 0.15) is 12.0 Å². The van der Waals surface area contributed by atoms with Gasteiger partial charge in [0.1, 0.15) is 0 Å². The van der Waals surface area contributed by atoms with Gasteiger partial charge < -0.3 is 4.74 Å². The van der Waals surface area contributed by atoms with Crippen LogP contribution in [0.2, 0.25) is 5.02 Å². The number of rotatable bonds is 3. The molecular weight excluding hydrogens is 285 g/mol. The van der Waals surface area contributed by atoms with Crippen LogP contribution in [0.3, 0.4) is 0 Å². The van der Waals surface area contributed by atoms with Crippen LogP contribution in [0.4, 0.5) is 13.2 Å². The number of hydrogen-bond acceptors (Lipinski definition) is 2. The van der Waals surface area contributed by atoms with Crippen molar-refractivity contribution in [1.29, 1.82) is 0 Å². The molecule has 0 aromatic heterocycles. The summed E-state index contributed by atoms with van der Waals surface area (Å²) in [6, 6.07) is 4.04. The van der Waals surface area contributed by atoms with E-state index in [1.165, 1.54) is 17.8 Å². The number of alkyl halides is 3. The third-order valence-corrected chi connectivity index (χ3v) is 4.31. The highest BCUT2D eigenvalue weighted by Crippen LogP contribution is 2.37. The highest BCUT2D eigenvalue weighted by molar-refractivity contribution is 7.99. The second-order valence-electron chi connectivity index (χ2n) is 4.18. The van der Waals surface area contributed by atoms with Gasteiger partial charge in [0.15, 0.2) is 0 Å². The molecule has 2 rings (SSSR count). The van der Waals surface area contributed by atoms with Crippen molar-refractivity contribution in [2.75, 3.05) is 19.0 Å². The minimum absolute atomic E-state index is 0.254. The molecule has 6 heteroatoms. The van der Waals surface area contributed by atoms with E-state index in [0.29, 0.717) is 17.4 Å². The average molecular weight is 297 g/mol. The van der Waals surface area contributed by atoms with Gasteiger partial charge in [-0.15, -0.1) is 11.8 Å². The molecule has 1 unspecified atom stereocenters. The van der Waals surface area contributed by atoms with Crippen LogP contribution in [0.25, 0.3) is 0 Å². The van der Waals surface area contributed by atoms with Gasteiger partial charge in [0.2, 0.25) is 0 Å². The zero-order chi connectivity index (χ0) is 13.2. The minimum Gasteiger partial charge on any atom is -0.381 e. The summed E-state index contributed by atoms with van der Waals surface area (Å²) in [5.74, 6) is 1.21. The average Bonchev–Trinajstić information content (AvgIpc) is 2.79. The standard InChI is InChI=1S/C12H12ClF3OS/c13-11-2-1-9(5-10(11)12(14,15)16)18-7-8-3-4-17-6-8/h1-2,5,8H,3-4,6-7H2. The molecule has 1 aliphatic rings. The molecule has 18 heavy (non-hydrogen) atoms. The first-order chi connectivity index (χ1) is 8.47. The summed E-state index contributed by atoms with van der Waals surface area (Å²) in [6.07, 6.45) is -3.42. The molecule has 0 aliphatic carbocycles. The van der Waals surface area contributed by atoms with Crippen molar-refractivity contribution in [3.05, 3.63) is 28.8 Å². The lowest BCUT2D eigenvalue weighted by atomic mass is 10.2. The maximum atomic E-state index is 12.7. The maximum absolute atomic E-state index is 12.7. The van der Waals surface area contributed by atoms with Gasteiger partial charge in [-0.1, -0.05) is 11.6 Å². The summed E-state index contributed by atoms with van der Waals surface area (Å²) < 4.78 is 43.2. The third kappa shape index (κ3) is 3.56. The predicted octanol–water partition coefficient (Wildman–Crippen LogP) is 4.49. The zero-order valence-electron chi connectivity index (χ0n) is 9.47. The van der Waals surface area contributed by atoms with Crippen LogP contribution in [0.5, 0.6) is 0 Å². The third-order valence-electron chi connectivity index (χ3n) is 2.75. The Balaban J connectivity index is 2.04. The van der Waals surface area contributed by atoms with E-state index in [-0.39, 0.29) is 5.02 Å². The van der Waals surface area contributed by atoms with E-state index in [4.69, 9.17) is 16.3 Å². The lowest BCUT2D eigenvalue weighted by Gasteiger charge is -2.12. The molecule has 0 saturated carbocycles. The fraction of sp³-hybridized carbons (Fsp3) is 0.500. The highest BCUT2D eigenvalue weighted by atomic mass is 35.5. The molecule has 1 aliphatic heterocycles. The molecule has 0 amide bonds. The van der Waals surface area contributed by atoms with Gasteiger partial charge >= 0.3 is 6.18 Å². The van der Waals surface area contributed by atoms with Crippen LogP contribution in [-0.2, 0) is 10.9 Å². The fourth-order valence-electron chi connectivity index (χ4n) is 1.74. The molecule has 1 nitrogen and oxygen atoms in total. The minimum atomic E-state index is -4.40. The van der Waals surface area contributed by atoms with Crippen molar-refractivity contribution in [3.8, 4) is 0 Å². The molecule has 100 valence electrons. The maximum Gasteiger partial charge on any atom is 0.417 e. The van der Waals surface area contributed by atoms with Crippen LogP contribution in [-0.4, -0.2) is 19.0 Å². The predicted molar refractivity (Wildman–Crippen MR) is 66.1 cm³/mol. The topological polar surface area (TPSA) is 9.23 Å². The van der Waals surface area contributed by atoms with Gasteiger partial charge in [0.05, 0.1) is 17.2 Å². The summed E-state index contributed by atoms with van der Waals surface area (Å²) in [5.41, 5.74) is -0.767. The number of thioether (sulfide) groups is 1. The Morgan fingerprint density at radius 3 is 2.78 bits per heavy atom. The van der Waals surface area contributed by atoms with Crippen LogP contribution < -0.4 is 0 Å². The number of benzene rings is 1. The molecule has 1 aromatic carbocycles. The van der Waals surface area contributed by atoms with E-state index in [9.17, 15) is 13.2 Å². The summed E-state index contributed by atoms with van der Waals surface area (Å²) in [4.78, 5) is 0.596. The lowest BCUT2D eigenvalue weighted by Crippen LogP contribution is -2.06. The first-order valence-electron chi connectivity index (χ1n) is 5.54. The van der Waals surface area contributed by atoms with Crippen molar-refractivity contribution in [1.82, 2.24) is 0 Å². The van der Waals surface area contributed by atoms with Crippen molar-refractivity contribution in [2.24, 2.45) is 5.92 Å². The second-order valence-corrected chi connectivity index (χ2v) is 5.68. The molecule has 0 N–H and O–H groups in total. The first-order valence-corrected chi connectivity index (χ1v) is 6.90. The molecule has 1 aromatic rings. The van der Waals surface area contributed by atoms with Crippen LogP contribution in [0.15, 0.2) is 23.1 Å². The lowest BCUT2D eigenvalue weighted by molar-refractivity contribution is -0.137. The SMILES string of the molecule is FC(F)(F)c1cc(SCC2CCOC2)ccc1Cl. The Morgan fingerprint density at radius 2 is 2.17 bits per heavy atom. The Labute approximate surface area is 113 Å². The van der Waals surface area contributed by atoms with Crippen molar-refractivity contribution in [2.45, 2.75) is 17.5 Å². The second kappa shape index (κ2) is 5.72. The summed E-state index contributed by atoms with van der Waals surface area (Å²) >= 11 is 6.98. The summed E-state index contributed by atoms with van der Waals surface area (Å²) in [5, 5.41) is -0.254. The largest absolute Gasteiger partial charge is 0.417 e. The number of ether oxygens (including phenoxy) is 1. The van der Waals surface area contributed by atoms with Gasteiger partial charge in [0, 0.05) is 17.3 Å².